The first-order valence-electron chi connectivity index (χ1n) is 10.5. The SMILES string of the molecule is O=C(CSc1nnc(-c2ccc(F)cc2)n1CCN1CCOCC1)NCc1ccccn1. The summed E-state index contributed by atoms with van der Waals surface area (Å²) in [6.07, 6.45) is 1.70. The molecule has 0 saturated carbocycles. The minimum absolute atomic E-state index is 0.105. The Bertz CT molecular complexity index is 1010. The number of benzene rings is 1. The Morgan fingerprint density at radius 2 is 1.91 bits per heavy atom. The molecule has 1 saturated heterocycles. The molecule has 1 amide bonds. The van der Waals surface area contributed by atoms with Crippen molar-refractivity contribution in [2.24, 2.45) is 0 Å². The molecular formula is C22H25FN6O2S. The number of hydrogen-bond acceptors (Lipinski definition) is 7. The van der Waals surface area contributed by atoms with Gasteiger partial charge < -0.3 is 14.6 Å². The van der Waals surface area contributed by atoms with Crippen molar-refractivity contribution in [3.63, 3.8) is 0 Å². The number of amides is 1. The number of halogens is 1. The third-order valence-corrected chi connectivity index (χ3v) is 6.05. The Kier molecular flexibility index (Phi) is 7.81. The summed E-state index contributed by atoms with van der Waals surface area (Å²) in [5.74, 6) is 0.472. The lowest BCUT2D eigenvalue weighted by atomic mass is 10.2. The predicted octanol–water partition coefficient (Wildman–Crippen LogP) is 2.22. The van der Waals surface area contributed by atoms with Crippen molar-refractivity contribution >= 4 is 17.7 Å². The number of morpholine rings is 1. The van der Waals surface area contributed by atoms with Gasteiger partial charge in [0.1, 0.15) is 5.82 Å². The van der Waals surface area contributed by atoms with E-state index in [-0.39, 0.29) is 17.5 Å². The third kappa shape index (κ3) is 6.12. The van der Waals surface area contributed by atoms with Crippen LogP contribution < -0.4 is 5.32 Å². The number of nitrogens with one attached hydrogen (secondary N) is 1. The average molecular weight is 457 g/mol. The molecule has 0 spiro atoms. The summed E-state index contributed by atoms with van der Waals surface area (Å²) in [5, 5.41) is 12.2. The standard InChI is InChI=1S/C22H25FN6O2S/c23-18-6-4-17(5-7-18)21-26-27-22(29(21)10-9-28-11-13-31-14-12-28)32-16-20(30)25-15-19-3-1-2-8-24-19/h1-8H,9-16H2,(H,25,30). The minimum Gasteiger partial charge on any atom is -0.379 e. The van der Waals surface area contributed by atoms with Crippen LogP contribution in [0.1, 0.15) is 5.69 Å². The normalized spacial score (nSPS) is 14.4. The van der Waals surface area contributed by atoms with Gasteiger partial charge in [0.25, 0.3) is 0 Å². The van der Waals surface area contributed by atoms with Crippen LogP contribution in [0.2, 0.25) is 0 Å². The number of pyridine rings is 1. The highest BCUT2D eigenvalue weighted by Crippen LogP contribution is 2.24. The highest BCUT2D eigenvalue weighted by molar-refractivity contribution is 7.99. The van der Waals surface area contributed by atoms with Crippen LogP contribution in [0.4, 0.5) is 4.39 Å². The van der Waals surface area contributed by atoms with Crippen molar-refractivity contribution in [2.75, 3.05) is 38.6 Å². The van der Waals surface area contributed by atoms with Crippen LogP contribution in [0.15, 0.2) is 53.8 Å². The second kappa shape index (κ2) is 11.2. The van der Waals surface area contributed by atoms with Gasteiger partial charge in [-0.05, 0) is 36.4 Å². The highest BCUT2D eigenvalue weighted by Gasteiger charge is 2.18. The number of ether oxygens (including phenoxy) is 1. The number of nitrogens with zero attached hydrogens (tertiary/aromatic N) is 5. The zero-order valence-corrected chi connectivity index (χ0v) is 18.4. The van der Waals surface area contributed by atoms with Gasteiger partial charge in [-0.2, -0.15) is 0 Å². The van der Waals surface area contributed by atoms with Crippen molar-refractivity contribution in [2.45, 2.75) is 18.2 Å². The van der Waals surface area contributed by atoms with Crippen LogP contribution >= 0.6 is 11.8 Å². The maximum atomic E-state index is 13.4. The molecular weight excluding hydrogens is 431 g/mol. The number of carbonyl (C=O) groups is 1. The van der Waals surface area contributed by atoms with Gasteiger partial charge in [0.15, 0.2) is 11.0 Å². The van der Waals surface area contributed by atoms with E-state index in [0.29, 0.717) is 24.1 Å². The molecule has 0 bridgehead atoms. The molecule has 1 fully saturated rings. The fraction of sp³-hybridized carbons (Fsp3) is 0.364. The van der Waals surface area contributed by atoms with E-state index in [9.17, 15) is 9.18 Å². The smallest absolute Gasteiger partial charge is 0.230 e. The van der Waals surface area contributed by atoms with Crippen LogP contribution in [0.5, 0.6) is 0 Å². The number of aromatic nitrogens is 4. The second-order valence-electron chi connectivity index (χ2n) is 7.31. The van der Waals surface area contributed by atoms with E-state index < -0.39 is 0 Å². The van der Waals surface area contributed by atoms with Crippen molar-refractivity contribution in [1.29, 1.82) is 0 Å². The number of thioether (sulfide) groups is 1. The Labute approximate surface area is 190 Å². The first-order valence-corrected chi connectivity index (χ1v) is 11.5. The molecule has 0 radical (unpaired) electrons. The van der Waals surface area contributed by atoms with E-state index >= 15 is 0 Å². The highest BCUT2D eigenvalue weighted by atomic mass is 32.2. The van der Waals surface area contributed by atoms with E-state index in [1.165, 1.54) is 23.9 Å². The first kappa shape index (κ1) is 22.4. The Hall–Kier alpha value is -2.82. The Morgan fingerprint density at radius 3 is 2.66 bits per heavy atom. The topological polar surface area (TPSA) is 85.2 Å². The summed E-state index contributed by atoms with van der Waals surface area (Å²) in [7, 11) is 0. The fourth-order valence-electron chi connectivity index (χ4n) is 3.35. The molecule has 1 aliphatic heterocycles. The molecule has 10 heteroatoms. The summed E-state index contributed by atoms with van der Waals surface area (Å²) in [6.45, 7) is 5.08. The monoisotopic (exact) mass is 456 g/mol. The molecule has 3 heterocycles. The van der Waals surface area contributed by atoms with Crippen molar-refractivity contribution in [1.82, 2.24) is 30.0 Å². The van der Waals surface area contributed by atoms with Crippen molar-refractivity contribution in [3.05, 3.63) is 60.2 Å². The Morgan fingerprint density at radius 1 is 1.09 bits per heavy atom. The maximum absolute atomic E-state index is 13.4. The molecule has 0 unspecified atom stereocenters. The van der Waals surface area contributed by atoms with Gasteiger partial charge in [-0.1, -0.05) is 17.8 Å². The molecule has 0 aliphatic carbocycles. The number of rotatable bonds is 9. The molecule has 1 aliphatic rings. The van der Waals surface area contributed by atoms with Crippen LogP contribution in [-0.4, -0.2) is 69.2 Å². The molecule has 1 aromatic carbocycles. The molecule has 168 valence electrons. The van der Waals surface area contributed by atoms with Crippen LogP contribution in [-0.2, 0) is 22.6 Å². The summed E-state index contributed by atoms with van der Waals surface area (Å²) >= 11 is 1.34. The lowest BCUT2D eigenvalue weighted by molar-refractivity contribution is -0.118. The molecule has 4 rings (SSSR count). The van der Waals surface area contributed by atoms with Crippen LogP contribution in [0.3, 0.4) is 0 Å². The summed E-state index contributed by atoms with van der Waals surface area (Å²) in [6, 6.07) is 11.8. The second-order valence-corrected chi connectivity index (χ2v) is 8.25. The zero-order chi connectivity index (χ0) is 22.2. The predicted molar refractivity (Wildman–Crippen MR) is 119 cm³/mol. The summed E-state index contributed by atoms with van der Waals surface area (Å²) in [4.78, 5) is 18.9. The quantitative estimate of drug-likeness (QED) is 0.494. The lowest BCUT2D eigenvalue weighted by Crippen LogP contribution is -2.38. The summed E-state index contributed by atoms with van der Waals surface area (Å²) in [5.41, 5.74) is 1.59. The van der Waals surface area contributed by atoms with Gasteiger partial charge in [-0.25, -0.2) is 4.39 Å². The summed E-state index contributed by atoms with van der Waals surface area (Å²) < 4.78 is 20.8. The van der Waals surface area contributed by atoms with Crippen LogP contribution in [0, 0.1) is 5.82 Å². The van der Waals surface area contributed by atoms with Gasteiger partial charge in [0.2, 0.25) is 5.91 Å². The largest absolute Gasteiger partial charge is 0.379 e. The molecule has 1 N–H and O–H groups in total. The zero-order valence-electron chi connectivity index (χ0n) is 17.6. The average Bonchev–Trinajstić information content (AvgIpc) is 3.24. The first-order chi connectivity index (χ1) is 15.7. The van der Waals surface area contributed by atoms with E-state index in [1.807, 2.05) is 22.8 Å². The van der Waals surface area contributed by atoms with Crippen LogP contribution in [0.25, 0.3) is 11.4 Å². The van der Waals surface area contributed by atoms with Gasteiger partial charge in [0.05, 0.1) is 31.2 Å². The molecule has 2 aromatic heterocycles. The van der Waals surface area contributed by atoms with Gasteiger partial charge in [-0.3, -0.25) is 14.7 Å². The van der Waals surface area contributed by atoms with Crippen molar-refractivity contribution in [3.8, 4) is 11.4 Å². The lowest BCUT2D eigenvalue weighted by Gasteiger charge is -2.27. The number of hydrogen-bond donors (Lipinski definition) is 1. The van der Waals surface area contributed by atoms with Gasteiger partial charge >= 0.3 is 0 Å². The molecule has 0 atom stereocenters. The van der Waals surface area contributed by atoms with E-state index in [1.54, 1.807) is 18.3 Å². The Balaban J connectivity index is 1.42. The minimum atomic E-state index is -0.299. The van der Waals surface area contributed by atoms with E-state index in [2.05, 4.69) is 25.4 Å². The van der Waals surface area contributed by atoms with Gasteiger partial charge in [-0.15, -0.1) is 10.2 Å². The van der Waals surface area contributed by atoms with E-state index in [4.69, 9.17) is 4.74 Å². The molecule has 32 heavy (non-hydrogen) atoms. The van der Waals surface area contributed by atoms with E-state index in [0.717, 1.165) is 44.1 Å². The fourth-order valence-corrected chi connectivity index (χ4v) is 4.14. The molecule has 3 aromatic rings. The van der Waals surface area contributed by atoms with Gasteiger partial charge in [0, 0.05) is 37.9 Å². The third-order valence-electron chi connectivity index (χ3n) is 5.09. The number of carbonyl (C=O) groups excluding carboxylic acids is 1. The van der Waals surface area contributed by atoms with Crippen molar-refractivity contribution < 1.29 is 13.9 Å². The molecule has 8 nitrogen and oxygen atoms in total. The maximum Gasteiger partial charge on any atom is 0.230 e.